The number of nitrogens with zero attached hydrogens (tertiary/aromatic N) is 1. The molecule has 0 unspecified atom stereocenters. The van der Waals surface area contributed by atoms with Crippen molar-refractivity contribution in [3.8, 4) is 0 Å². The molecule has 3 nitrogen and oxygen atoms in total. The van der Waals surface area contributed by atoms with Gasteiger partial charge in [0, 0.05) is 13.1 Å². The predicted molar refractivity (Wildman–Crippen MR) is 73.5 cm³/mol. The van der Waals surface area contributed by atoms with Crippen molar-refractivity contribution in [1.29, 1.82) is 0 Å². The van der Waals surface area contributed by atoms with Crippen molar-refractivity contribution in [3.05, 3.63) is 0 Å². The predicted octanol–water partition coefficient (Wildman–Crippen LogP) is 2.27. The Morgan fingerprint density at radius 2 is 2.00 bits per heavy atom. The van der Waals surface area contributed by atoms with E-state index >= 15 is 0 Å². The first kappa shape index (κ1) is 14.9. The molecule has 1 aliphatic heterocycles. The van der Waals surface area contributed by atoms with Crippen LogP contribution in [0.4, 0.5) is 0 Å². The Balaban J connectivity index is 1.95. The number of hydrogen-bond donors (Lipinski definition) is 1. The van der Waals surface area contributed by atoms with E-state index < -0.39 is 0 Å². The molecule has 1 fully saturated rings. The fraction of sp³-hybridized carbons (Fsp3) is 1.00. The Morgan fingerprint density at radius 3 is 2.71 bits per heavy atom. The van der Waals surface area contributed by atoms with Gasteiger partial charge in [-0.25, -0.2) is 0 Å². The van der Waals surface area contributed by atoms with Gasteiger partial charge in [0.05, 0.1) is 12.2 Å². The van der Waals surface area contributed by atoms with Gasteiger partial charge in [-0.3, -0.25) is 4.90 Å². The second kappa shape index (κ2) is 8.06. The third kappa shape index (κ3) is 7.02. The molecule has 0 saturated carbocycles. The highest BCUT2D eigenvalue weighted by atomic mass is 16.5. The third-order valence-corrected chi connectivity index (χ3v) is 3.26. The highest BCUT2D eigenvalue weighted by molar-refractivity contribution is 4.78. The van der Waals surface area contributed by atoms with Crippen LogP contribution in [0.2, 0.25) is 0 Å². The average Bonchev–Trinajstić information content (AvgIpc) is 2.27. The van der Waals surface area contributed by atoms with E-state index in [0.29, 0.717) is 0 Å². The number of rotatable bonds is 8. The first-order valence-electron chi connectivity index (χ1n) is 7.21. The molecule has 102 valence electrons. The Kier molecular flexibility index (Phi) is 7.09. The van der Waals surface area contributed by atoms with Crippen molar-refractivity contribution in [2.75, 3.05) is 39.3 Å². The van der Waals surface area contributed by atoms with Gasteiger partial charge in [0.2, 0.25) is 0 Å². The smallest absolute Gasteiger partial charge is 0.0753 e. The minimum Gasteiger partial charge on any atom is -0.373 e. The number of hydrogen-bond acceptors (Lipinski definition) is 3. The minimum absolute atomic E-state index is 0.0565. The van der Waals surface area contributed by atoms with Crippen molar-refractivity contribution in [2.24, 2.45) is 0 Å². The number of morpholine rings is 1. The first-order valence-corrected chi connectivity index (χ1v) is 7.21. The molecule has 0 amide bonds. The molecule has 1 rings (SSSR count). The van der Waals surface area contributed by atoms with E-state index in [1.807, 2.05) is 0 Å². The second-order valence-corrected chi connectivity index (χ2v) is 5.69. The van der Waals surface area contributed by atoms with E-state index in [1.54, 1.807) is 0 Å². The molecule has 1 saturated heterocycles. The van der Waals surface area contributed by atoms with Gasteiger partial charge in [-0.2, -0.15) is 0 Å². The molecule has 0 aromatic rings. The summed E-state index contributed by atoms with van der Waals surface area (Å²) < 4.78 is 5.72. The molecule has 1 aliphatic rings. The van der Waals surface area contributed by atoms with Crippen LogP contribution in [0, 0.1) is 0 Å². The first-order chi connectivity index (χ1) is 8.14. The molecule has 0 bridgehead atoms. The van der Waals surface area contributed by atoms with Crippen LogP contribution in [0.5, 0.6) is 0 Å². The maximum Gasteiger partial charge on any atom is 0.0753 e. The molecule has 0 aromatic carbocycles. The summed E-state index contributed by atoms with van der Waals surface area (Å²) in [6.45, 7) is 13.3. The number of nitrogens with one attached hydrogen (secondary N) is 1. The molecule has 1 N–H and O–H groups in total. The van der Waals surface area contributed by atoms with Gasteiger partial charge in [0.15, 0.2) is 0 Å². The average molecular weight is 242 g/mol. The van der Waals surface area contributed by atoms with Crippen molar-refractivity contribution < 1.29 is 4.74 Å². The Hall–Kier alpha value is -0.120. The van der Waals surface area contributed by atoms with Gasteiger partial charge in [-0.15, -0.1) is 0 Å². The van der Waals surface area contributed by atoms with Crippen molar-refractivity contribution in [1.82, 2.24) is 10.2 Å². The lowest BCUT2D eigenvalue weighted by Crippen LogP contribution is -2.48. The number of unbranched alkanes of at least 4 members (excludes halogenated alkanes) is 2. The molecule has 17 heavy (non-hydrogen) atoms. The Bertz CT molecular complexity index is 195. The summed E-state index contributed by atoms with van der Waals surface area (Å²) in [4.78, 5) is 2.54. The normalized spacial score (nSPS) is 20.6. The van der Waals surface area contributed by atoms with E-state index in [2.05, 4.69) is 31.0 Å². The lowest BCUT2D eigenvalue weighted by atomic mass is 10.1. The van der Waals surface area contributed by atoms with Crippen LogP contribution in [0.1, 0.15) is 46.5 Å². The standard InChI is InChI=1S/C14H30N2O/c1-4-8-15-9-6-5-7-10-16-11-12-17-14(2,3)13-16/h15H,4-13H2,1-3H3. The van der Waals surface area contributed by atoms with Crippen LogP contribution in [-0.2, 0) is 4.74 Å². The van der Waals surface area contributed by atoms with Crippen LogP contribution in [0.3, 0.4) is 0 Å². The molecule has 0 radical (unpaired) electrons. The van der Waals surface area contributed by atoms with E-state index in [9.17, 15) is 0 Å². The van der Waals surface area contributed by atoms with Crippen molar-refractivity contribution >= 4 is 0 Å². The summed E-state index contributed by atoms with van der Waals surface area (Å²) in [5, 5.41) is 3.45. The van der Waals surface area contributed by atoms with Gasteiger partial charge < -0.3 is 10.1 Å². The largest absolute Gasteiger partial charge is 0.373 e. The molecular weight excluding hydrogens is 212 g/mol. The lowest BCUT2D eigenvalue weighted by Gasteiger charge is -2.38. The van der Waals surface area contributed by atoms with Crippen molar-refractivity contribution in [3.63, 3.8) is 0 Å². The molecule has 3 heteroatoms. The van der Waals surface area contributed by atoms with Crippen LogP contribution >= 0.6 is 0 Å². The maximum absolute atomic E-state index is 5.72. The monoisotopic (exact) mass is 242 g/mol. The summed E-state index contributed by atoms with van der Waals surface area (Å²) in [5.74, 6) is 0. The van der Waals surface area contributed by atoms with E-state index in [0.717, 1.165) is 26.2 Å². The van der Waals surface area contributed by atoms with Gasteiger partial charge in [0.1, 0.15) is 0 Å². The quantitative estimate of drug-likeness (QED) is 0.661. The summed E-state index contributed by atoms with van der Waals surface area (Å²) in [7, 11) is 0. The molecule has 0 atom stereocenters. The molecule has 0 aromatic heterocycles. The lowest BCUT2D eigenvalue weighted by molar-refractivity contribution is -0.0861. The molecule has 1 heterocycles. The second-order valence-electron chi connectivity index (χ2n) is 5.69. The molecule has 0 aliphatic carbocycles. The van der Waals surface area contributed by atoms with Crippen molar-refractivity contribution in [2.45, 2.75) is 52.1 Å². The molecule has 0 spiro atoms. The van der Waals surface area contributed by atoms with Crippen LogP contribution in [0.15, 0.2) is 0 Å². The topological polar surface area (TPSA) is 24.5 Å². The van der Waals surface area contributed by atoms with Crippen LogP contribution in [-0.4, -0.2) is 49.8 Å². The Morgan fingerprint density at radius 1 is 1.18 bits per heavy atom. The summed E-state index contributed by atoms with van der Waals surface area (Å²) in [6.07, 6.45) is 5.22. The summed E-state index contributed by atoms with van der Waals surface area (Å²) >= 11 is 0. The SMILES string of the molecule is CCCNCCCCCN1CCOC(C)(C)C1. The molecular formula is C14H30N2O. The minimum atomic E-state index is 0.0565. The fourth-order valence-corrected chi connectivity index (χ4v) is 2.37. The number of ether oxygens (including phenoxy) is 1. The fourth-order valence-electron chi connectivity index (χ4n) is 2.37. The van der Waals surface area contributed by atoms with Gasteiger partial charge >= 0.3 is 0 Å². The summed E-state index contributed by atoms with van der Waals surface area (Å²) in [6, 6.07) is 0. The highest BCUT2D eigenvalue weighted by Gasteiger charge is 2.26. The zero-order valence-electron chi connectivity index (χ0n) is 11.9. The highest BCUT2D eigenvalue weighted by Crippen LogP contribution is 2.16. The Labute approximate surface area is 107 Å². The van der Waals surface area contributed by atoms with E-state index in [4.69, 9.17) is 4.74 Å². The van der Waals surface area contributed by atoms with E-state index in [1.165, 1.54) is 38.8 Å². The maximum atomic E-state index is 5.72. The van der Waals surface area contributed by atoms with Gasteiger partial charge in [-0.1, -0.05) is 13.3 Å². The van der Waals surface area contributed by atoms with Crippen LogP contribution < -0.4 is 5.32 Å². The third-order valence-electron chi connectivity index (χ3n) is 3.26. The van der Waals surface area contributed by atoms with E-state index in [-0.39, 0.29) is 5.60 Å². The van der Waals surface area contributed by atoms with Gasteiger partial charge in [-0.05, 0) is 52.7 Å². The zero-order valence-corrected chi connectivity index (χ0v) is 11.9. The zero-order chi connectivity index (χ0) is 12.6. The van der Waals surface area contributed by atoms with Gasteiger partial charge in [0.25, 0.3) is 0 Å². The summed E-state index contributed by atoms with van der Waals surface area (Å²) in [5.41, 5.74) is 0.0565. The van der Waals surface area contributed by atoms with Crippen LogP contribution in [0.25, 0.3) is 0 Å².